The summed E-state index contributed by atoms with van der Waals surface area (Å²) in [6, 6.07) is 0. The van der Waals surface area contributed by atoms with Crippen molar-refractivity contribution >= 4 is 17.0 Å². The number of halogens is 1. The summed E-state index contributed by atoms with van der Waals surface area (Å²) >= 11 is 0. The summed E-state index contributed by atoms with van der Waals surface area (Å²) in [5.41, 5.74) is 0. The van der Waals surface area contributed by atoms with Gasteiger partial charge in [-0.1, -0.05) is 0 Å². The van der Waals surface area contributed by atoms with Crippen molar-refractivity contribution in [2.75, 3.05) is 40.5 Å². The van der Waals surface area contributed by atoms with Crippen LogP contribution in [0.25, 0.3) is 0 Å². The van der Waals surface area contributed by atoms with Gasteiger partial charge in [0.2, 0.25) is 0 Å². The van der Waals surface area contributed by atoms with E-state index in [2.05, 4.69) is 10.1 Å². The van der Waals surface area contributed by atoms with Crippen molar-refractivity contribution in [2.24, 2.45) is 0 Å². The highest BCUT2D eigenvalue weighted by atomic mass is 79.9. The summed E-state index contributed by atoms with van der Waals surface area (Å²) < 4.78 is 9.26. The first kappa shape index (κ1) is 13.0. The Morgan fingerprint density at radius 1 is 1.20 bits per heavy atom. The summed E-state index contributed by atoms with van der Waals surface area (Å²) in [5.74, 6) is 0. The maximum atomic E-state index is 5.01. The van der Waals surface area contributed by atoms with E-state index in [1.807, 2.05) is 0 Å². The lowest BCUT2D eigenvalue weighted by atomic mass is 10.5. The number of morpholine rings is 1. The molecule has 0 atom stereocenters. The second-order valence-electron chi connectivity index (χ2n) is 1.77. The smallest absolute Gasteiger partial charge is 0.0591 e. The molecule has 10 heavy (non-hydrogen) atoms. The van der Waals surface area contributed by atoms with Crippen LogP contribution in [0.4, 0.5) is 0 Å². The minimum absolute atomic E-state index is 0. The number of ether oxygens (including phenoxy) is 2. The first-order chi connectivity index (χ1) is 4.41. The molecule has 64 valence electrons. The van der Waals surface area contributed by atoms with Crippen LogP contribution in [-0.4, -0.2) is 40.5 Å². The minimum Gasteiger partial charge on any atom is -0.388 e. The van der Waals surface area contributed by atoms with Gasteiger partial charge in [0.15, 0.2) is 0 Å². The Hall–Kier alpha value is 0.360. The van der Waals surface area contributed by atoms with E-state index < -0.39 is 0 Å². The van der Waals surface area contributed by atoms with Crippen molar-refractivity contribution in [1.82, 2.24) is 5.32 Å². The first-order valence-corrected chi connectivity index (χ1v) is 3.10. The molecule has 0 spiro atoms. The lowest BCUT2D eigenvalue weighted by Crippen LogP contribution is -2.30. The quantitative estimate of drug-likeness (QED) is 0.635. The van der Waals surface area contributed by atoms with Gasteiger partial charge >= 0.3 is 0 Å². The standard InChI is InChI=1S/C4H9NO.C2H6O.BrH/c1-3-6-4-2-5-1;1-3-2;/h5H,1-4H2;1-2H3;1H. The number of rotatable bonds is 0. The van der Waals surface area contributed by atoms with Crippen LogP contribution >= 0.6 is 17.0 Å². The molecule has 0 aromatic heterocycles. The maximum absolute atomic E-state index is 5.01. The van der Waals surface area contributed by atoms with Crippen LogP contribution < -0.4 is 5.32 Å². The molecule has 0 amide bonds. The Bertz CT molecular complexity index is 39.5. The first-order valence-electron chi connectivity index (χ1n) is 3.10. The van der Waals surface area contributed by atoms with Crippen molar-refractivity contribution in [2.45, 2.75) is 0 Å². The Labute approximate surface area is 72.9 Å². The molecule has 1 aliphatic rings. The lowest BCUT2D eigenvalue weighted by molar-refractivity contribution is 0.109. The highest BCUT2D eigenvalue weighted by molar-refractivity contribution is 8.93. The van der Waals surface area contributed by atoms with Crippen LogP contribution in [0.15, 0.2) is 0 Å². The van der Waals surface area contributed by atoms with E-state index in [-0.39, 0.29) is 17.0 Å². The molecule has 0 aromatic carbocycles. The highest BCUT2D eigenvalue weighted by Gasteiger charge is 1.92. The minimum atomic E-state index is 0. The molecular weight excluding hydrogens is 198 g/mol. The van der Waals surface area contributed by atoms with E-state index in [1.165, 1.54) is 0 Å². The fourth-order valence-corrected chi connectivity index (χ4v) is 0.516. The van der Waals surface area contributed by atoms with Gasteiger partial charge in [-0.2, -0.15) is 0 Å². The van der Waals surface area contributed by atoms with Crippen LogP contribution in [0.1, 0.15) is 0 Å². The van der Waals surface area contributed by atoms with Gasteiger partial charge in [-0.3, -0.25) is 0 Å². The average Bonchev–Trinajstić information content (AvgIpc) is 1.93. The van der Waals surface area contributed by atoms with E-state index in [0.717, 1.165) is 26.3 Å². The van der Waals surface area contributed by atoms with Crippen molar-refractivity contribution in [3.63, 3.8) is 0 Å². The largest absolute Gasteiger partial charge is 0.388 e. The van der Waals surface area contributed by atoms with Crippen LogP contribution in [0, 0.1) is 0 Å². The number of nitrogens with one attached hydrogen (secondary N) is 1. The zero-order valence-corrected chi connectivity index (χ0v) is 8.27. The van der Waals surface area contributed by atoms with Crippen molar-refractivity contribution in [1.29, 1.82) is 0 Å². The van der Waals surface area contributed by atoms with Gasteiger partial charge in [0.05, 0.1) is 13.2 Å². The molecule has 4 heteroatoms. The molecular formula is C6H16BrNO2. The van der Waals surface area contributed by atoms with Crippen molar-refractivity contribution in [3.8, 4) is 0 Å². The molecule has 0 aliphatic carbocycles. The normalized spacial score (nSPS) is 16.2. The van der Waals surface area contributed by atoms with Crippen molar-refractivity contribution < 1.29 is 9.47 Å². The van der Waals surface area contributed by atoms with E-state index in [0.29, 0.717) is 0 Å². The molecule has 0 radical (unpaired) electrons. The lowest BCUT2D eigenvalue weighted by Gasteiger charge is -2.10. The third-order valence-electron chi connectivity index (χ3n) is 0.846. The second-order valence-corrected chi connectivity index (χ2v) is 1.77. The zero-order valence-electron chi connectivity index (χ0n) is 6.55. The van der Waals surface area contributed by atoms with Crippen molar-refractivity contribution in [3.05, 3.63) is 0 Å². The number of hydrogen-bond acceptors (Lipinski definition) is 3. The highest BCUT2D eigenvalue weighted by Crippen LogP contribution is 1.76. The molecule has 1 aliphatic heterocycles. The third kappa shape index (κ3) is 11.2. The Morgan fingerprint density at radius 3 is 1.70 bits per heavy atom. The van der Waals surface area contributed by atoms with E-state index >= 15 is 0 Å². The summed E-state index contributed by atoms with van der Waals surface area (Å²) in [4.78, 5) is 0. The maximum Gasteiger partial charge on any atom is 0.0591 e. The summed E-state index contributed by atoms with van der Waals surface area (Å²) in [7, 11) is 3.25. The SMILES string of the molecule is Br.C1COCCN1.COC. The number of methoxy groups -OCH3 is 1. The van der Waals surface area contributed by atoms with Crippen LogP contribution in [0.3, 0.4) is 0 Å². The summed E-state index contributed by atoms with van der Waals surface area (Å²) in [6.45, 7) is 3.83. The molecule has 1 N–H and O–H groups in total. The predicted octanol–water partition coefficient (Wildman–Crippen LogP) is 0.447. The van der Waals surface area contributed by atoms with Gasteiger partial charge in [-0.15, -0.1) is 17.0 Å². The summed E-state index contributed by atoms with van der Waals surface area (Å²) in [6.07, 6.45) is 0. The van der Waals surface area contributed by atoms with Gasteiger partial charge in [-0.25, -0.2) is 0 Å². The molecule has 0 bridgehead atoms. The topological polar surface area (TPSA) is 30.5 Å². The monoisotopic (exact) mass is 213 g/mol. The number of hydrogen-bond donors (Lipinski definition) is 1. The zero-order chi connectivity index (χ0) is 6.95. The van der Waals surface area contributed by atoms with Crippen LogP contribution in [-0.2, 0) is 9.47 Å². The molecule has 1 heterocycles. The molecule has 1 saturated heterocycles. The predicted molar refractivity (Wildman–Crippen MR) is 46.9 cm³/mol. The fraction of sp³-hybridized carbons (Fsp3) is 1.00. The van der Waals surface area contributed by atoms with Crippen LogP contribution in [0.2, 0.25) is 0 Å². The average molecular weight is 214 g/mol. The Morgan fingerprint density at radius 2 is 1.60 bits per heavy atom. The van der Waals surface area contributed by atoms with E-state index in [1.54, 1.807) is 14.2 Å². The Balaban J connectivity index is 0. The molecule has 3 nitrogen and oxygen atoms in total. The molecule has 1 fully saturated rings. The molecule has 0 unspecified atom stereocenters. The molecule has 0 aromatic rings. The van der Waals surface area contributed by atoms with E-state index in [9.17, 15) is 0 Å². The Kier molecular flexibility index (Phi) is 15.7. The van der Waals surface area contributed by atoms with Crippen LogP contribution in [0.5, 0.6) is 0 Å². The van der Waals surface area contributed by atoms with Gasteiger partial charge in [0.1, 0.15) is 0 Å². The van der Waals surface area contributed by atoms with Gasteiger partial charge in [0.25, 0.3) is 0 Å². The fourth-order valence-electron chi connectivity index (χ4n) is 0.516. The third-order valence-corrected chi connectivity index (χ3v) is 0.846. The summed E-state index contributed by atoms with van der Waals surface area (Å²) in [5, 5.41) is 3.16. The molecule has 1 rings (SSSR count). The van der Waals surface area contributed by atoms with Gasteiger partial charge in [0, 0.05) is 27.3 Å². The second kappa shape index (κ2) is 12.1. The van der Waals surface area contributed by atoms with Gasteiger partial charge in [-0.05, 0) is 0 Å². The molecule has 0 saturated carbocycles. The van der Waals surface area contributed by atoms with Gasteiger partial charge < -0.3 is 14.8 Å². The van der Waals surface area contributed by atoms with E-state index in [4.69, 9.17) is 4.74 Å².